The second kappa shape index (κ2) is 6.20. The van der Waals surface area contributed by atoms with Crippen LogP contribution >= 0.6 is 0 Å². The molecule has 0 aliphatic carbocycles. The van der Waals surface area contributed by atoms with Gasteiger partial charge in [-0.05, 0) is 6.42 Å². The van der Waals surface area contributed by atoms with Gasteiger partial charge in [0.2, 0.25) is 5.44 Å². The van der Waals surface area contributed by atoms with E-state index in [4.69, 9.17) is 17.2 Å². The highest BCUT2D eigenvalue weighted by Gasteiger charge is 2.35. The van der Waals surface area contributed by atoms with Gasteiger partial charge in [-0.15, -0.1) is 0 Å². The van der Waals surface area contributed by atoms with Gasteiger partial charge in [0.25, 0.3) is 10.1 Å². The number of hydrogen-bond acceptors (Lipinski definition) is 6. The van der Waals surface area contributed by atoms with E-state index in [0.29, 0.717) is 6.26 Å². The molecule has 0 radical (unpaired) electrons. The van der Waals surface area contributed by atoms with Crippen molar-refractivity contribution in [1.82, 2.24) is 0 Å². The molecular weight excluding hydrogens is 276 g/mol. The van der Waals surface area contributed by atoms with E-state index in [0.717, 1.165) is 24.9 Å². The van der Waals surface area contributed by atoms with E-state index >= 15 is 0 Å². The highest BCUT2D eigenvalue weighted by Crippen LogP contribution is 2.22. The van der Waals surface area contributed by atoms with Crippen molar-refractivity contribution in [2.75, 3.05) is 24.5 Å². The first-order valence-electron chi connectivity index (χ1n) is 4.39. The predicted molar refractivity (Wildman–Crippen MR) is 62.7 cm³/mol. The molecule has 0 aromatic carbocycles. The maximum absolute atomic E-state index is 10.7. The van der Waals surface area contributed by atoms with Crippen molar-refractivity contribution in [2.45, 2.75) is 18.3 Å². The lowest BCUT2D eigenvalue weighted by Crippen LogP contribution is -2.21. The van der Waals surface area contributed by atoms with E-state index < -0.39 is 20.2 Å². The molecule has 0 N–H and O–H groups in total. The SMILES string of the molecule is CS(=O)(=O)[O-].C[S@+]1CCCC1OS(C)(=O)=O. The minimum Gasteiger partial charge on any atom is -0.748 e. The van der Waals surface area contributed by atoms with Gasteiger partial charge in [-0.2, -0.15) is 8.42 Å². The summed E-state index contributed by atoms with van der Waals surface area (Å²) in [4.78, 5) is 0. The molecule has 0 amide bonds. The molecule has 1 fully saturated rings. The maximum Gasteiger partial charge on any atom is 0.268 e. The predicted octanol–water partition coefficient (Wildman–Crippen LogP) is -0.508. The lowest BCUT2D eigenvalue weighted by molar-refractivity contribution is 0.289. The summed E-state index contributed by atoms with van der Waals surface area (Å²) in [6, 6.07) is 0. The Hall–Kier alpha value is 0.170. The Morgan fingerprint density at radius 1 is 1.25 bits per heavy atom. The number of hydrogen-bond donors (Lipinski definition) is 0. The molecule has 1 unspecified atom stereocenters. The summed E-state index contributed by atoms with van der Waals surface area (Å²) in [6.07, 6.45) is 5.77. The quantitative estimate of drug-likeness (QED) is 0.386. The first kappa shape index (κ1) is 16.2. The first-order chi connectivity index (χ1) is 6.99. The molecule has 1 heterocycles. The molecule has 0 spiro atoms. The van der Waals surface area contributed by atoms with Crippen molar-refractivity contribution < 1.29 is 25.6 Å². The van der Waals surface area contributed by atoms with Crippen LogP contribution in [0.3, 0.4) is 0 Å². The monoisotopic (exact) mass is 292 g/mol. The van der Waals surface area contributed by atoms with Crippen molar-refractivity contribution in [3.63, 3.8) is 0 Å². The van der Waals surface area contributed by atoms with Gasteiger partial charge in [0.05, 0.1) is 16.4 Å². The molecule has 0 saturated carbocycles. The van der Waals surface area contributed by atoms with Gasteiger partial charge >= 0.3 is 0 Å². The topological polar surface area (TPSA) is 101 Å². The van der Waals surface area contributed by atoms with E-state index in [1.54, 1.807) is 0 Å². The zero-order valence-corrected chi connectivity index (χ0v) is 11.8. The Kier molecular flexibility index (Phi) is 6.26. The average molecular weight is 292 g/mol. The Morgan fingerprint density at radius 2 is 1.69 bits per heavy atom. The van der Waals surface area contributed by atoms with Gasteiger partial charge in [-0.25, -0.2) is 12.6 Å². The fourth-order valence-corrected chi connectivity index (χ4v) is 4.03. The van der Waals surface area contributed by atoms with Gasteiger partial charge in [0.15, 0.2) is 0 Å². The van der Waals surface area contributed by atoms with Crippen molar-refractivity contribution in [3.8, 4) is 0 Å². The van der Waals surface area contributed by atoms with Gasteiger partial charge in [-0.1, -0.05) is 0 Å². The van der Waals surface area contributed by atoms with Crippen molar-refractivity contribution in [1.29, 1.82) is 0 Å². The summed E-state index contributed by atoms with van der Waals surface area (Å²) < 4.78 is 53.6. The Labute approximate surface area is 99.6 Å². The maximum atomic E-state index is 10.7. The summed E-state index contributed by atoms with van der Waals surface area (Å²) in [6.45, 7) is 0. The molecule has 1 aliphatic heterocycles. The standard InChI is InChI=1S/C6H13O3S2.CH4O3S/c1-10-5-3-4-6(10)9-11(2,7)8;1-5(2,3)4/h6H,3-5H2,1-2H3;1H3,(H,2,3,4)/q+1;/p-1/t6?,10-;/m1./s1. The molecule has 0 aromatic heterocycles. The molecule has 98 valence electrons. The van der Waals surface area contributed by atoms with Crippen LogP contribution in [0.1, 0.15) is 12.8 Å². The van der Waals surface area contributed by atoms with Gasteiger partial charge in [-0.3, -0.25) is 0 Å². The molecule has 0 bridgehead atoms. The largest absolute Gasteiger partial charge is 0.748 e. The molecule has 1 saturated heterocycles. The van der Waals surface area contributed by atoms with Crippen molar-refractivity contribution in [2.24, 2.45) is 0 Å². The Morgan fingerprint density at radius 3 is 1.94 bits per heavy atom. The van der Waals surface area contributed by atoms with Crippen LogP contribution in [0.15, 0.2) is 0 Å². The molecule has 1 rings (SSSR count). The fraction of sp³-hybridized carbons (Fsp3) is 1.00. The molecule has 1 aliphatic rings. The van der Waals surface area contributed by atoms with Crippen molar-refractivity contribution >= 4 is 31.1 Å². The highest BCUT2D eigenvalue weighted by atomic mass is 32.2. The summed E-state index contributed by atoms with van der Waals surface area (Å²) >= 11 is 0. The fourth-order valence-electron chi connectivity index (χ4n) is 1.12. The van der Waals surface area contributed by atoms with Crippen LogP contribution in [0.25, 0.3) is 0 Å². The van der Waals surface area contributed by atoms with Gasteiger partial charge in [0, 0.05) is 23.6 Å². The lowest BCUT2D eigenvalue weighted by atomic mass is 10.4. The summed E-state index contributed by atoms with van der Waals surface area (Å²) in [5.74, 6) is 1.11. The van der Waals surface area contributed by atoms with Crippen LogP contribution in [-0.2, 0) is 35.3 Å². The third-order valence-electron chi connectivity index (χ3n) is 1.64. The molecular formula is C7H16O6S3. The van der Waals surface area contributed by atoms with E-state index in [-0.39, 0.29) is 16.3 Å². The lowest BCUT2D eigenvalue weighted by Gasteiger charge is -2.05. The van der Waals surface area contributed by atoms with Crippen LogP contribution in [0, 0.1) is 0 Å². The summed E-state index contributed by atoms with van der Waals surface area (Å²) in [5, 5.41) is 0. The zero-order chi connectivity index (χ0) is 13.0. The summed E-state index contributed by atoms with van der Waals surface area (Å²) in [5.41, 5.74) is -0.0370. The van der Waals surface area contributed by atoms with E-state index in [1.807, 2.05) is 0 Å². The third-order valence-corrected chi connectivity index (χ3v) is 4.50. The van der Waals surface area contributed by atoms with E-state index in [9.17, 15) is 8.42 Å². The second-order valence-electron chi connectivity index (χ2n) is 3.47. The molecule has 16 heavy (non-hydrogen) atoms. The first-order valence-corrected chi connectivity index (χ1v) is 9.89. The van der Waals surface area contributed by atoms with Gasteiger partial charge in [0.1, 0.15) is 12.0 Å². The Balaban J connectivity index is 0.000000385. The van der Waals surface area contributed by atoms with Crippen LogP contribution in [0.4, 0.5) is 0 Å². The third kappa shape index (κ3) is 10.7. The molecule has 6 nitrogen and oxygen atoms in total. The van der Waals surface area contributed by atoms with E-state index in [2.05, 4.69) is 6.26 Å². The average Bonchev–Trinajstić information content (AvgIpc) is 2.29. The summed E-state index contributed by atoms with van der Waals surface area (Å²) in [7, 11) is -7.01. The molecule has 9 heteroatoms. The molecule has 0 aromatic rings. The second-order valence-corrected chi connectivity index (χ2v) is 8.80. The van der Waals surface area contributed by atoms with Gasteiger partial charge < -0.3 is 4.55 Å². The number of rotatable bonds is 2. The van der Waals surface area contributed by atoms with Crippen LogP contribution in [-0.4, -0.2) is 51.3 Å². The minimum absolute atomic E-state index is 0.0370. The smallest absolute Gasteiger partial charge is 0.268 e. The highest BCUT2D eigenvalue weighted by molar-refractivity contribution is 7.97. The van der Waals surface area contributed by atoms with E-state index in [1.165, 1.54) is 0 Å². The van der Waals surface area contributed by atoms with Crippen LogP contribution in [0.2, 0.25) is 0 Å². The van der Waals surface area contributed by atoms with Crippen LogP contribution < -0.4 is 0 Å². The normalized spacial score (nSPS) is 26.0. The Bertz CT molecular complexity index is 390. The van der Waals surface area contributed by atoms with Crippen molar-refractivity contribution in [3.05, 3.63) is 0 Å². The zero-order valence-electron chi connectivity index (χ0n) is 9.37. The molecule has 2 atom stereocenters. The minimum atomic E-state index is -3.92. The van der Waals surface area contributed by atoms with Crippen LogP contribution in [0.5, 0.6) is 0 Å².